The number of ether oxygens (including phenoxy) is 2. The molecule has 5 nitrogen and oxygen atoms in total. The first-order chi connectivity index (χ1) is 14.3. The minimum absolute atomic E-state index is 0.0796. The van der Waals surface area contributed by atoms with E-state index in [4.69, 9.17) is 9.47 Å². The number of hydrogen-bond acceptors (Lipinski definition) is 5. The van der Waals surface area contributed by atoms with Gasteiger partial charge in [0.25, 0.3) is 0 Å². The van der Waals surface area contributed by atoms with Crippen molar-refractivity contribution in [3.8, 4) is 11.5 Å². The molecule has 1 unspecified atom stereocenters. The Hall–Kier alpha value is -2.47. The molecule has 0 saturated heterocycles. The molecule has 0 bridgehead atoms. The van der Waals surface area contributed by atoms with Crippen LogP contribution in [0.15, 0.2) is 52.1 Å². The van der Waals surface area contributed by atoms with Gasteiger partial charge < -0.3 is 20.1 Å². The van der Waals surface area contributed by atoms with E-state index in [1.54, 1.807) is 7.11 Å². The maximum Gasteiger partial charge on any atom is 0.174 e. The molecule has 1 atom stereocenters. The van der Waals surface area contributed by atoms with Crippen molar-refractivity contribution in [2.45, 2.75) is 39.7 Å². The molecule has 2 aromatic rings. The number of allylic oxidation sites excluding steroid dienone is 1. The van der Waals surface area contributed by atoms with E-state index in [0.717, 1.165) is 39.1 Å². The Labute approximate surface area is 186 Å². The van der Waals surface area contributed by atoms with Crippen LogP contribution in [-0.2, 0) is 4.79 Å². The van der Waals surface area contributed by atoms with Gasteiger partial charge >= 0.3 is 0 Å². The summed E-state index contributed by atoms with van der Waals surface area (Å²) in [5.41, 5.74) is 4.60. The van der Waals surface area contributed by atoms with E-state index < -0.39 is 0 Å². The van der Waals surface area contributed by atoms with Gasteiger partial charge in [-0.1, -0.05) is 26.0 Å². The second kappa shape index (κ2) is 7.99. The Morgan fingerprint density at radius 1 is 1.17 bits per heavy atom. The average Bonchev–Trinajstić information content (AvgIpc) is 2.83. The smallest absolute Gasteiger partial charge is 0.174 e. The number of carbonyl (C=O) groups excluding carboxylic acids is 1. The molecule has 2 aromatic carbocycles. The van der Waals surface area contributed by atoms with Crippen LogP contribution in [0.5, 0.6) is 11.5 Å². The van der Waals surface area contributed by atoms with Crippen LogP contribution in [-0.4, -0.2) is 19.5 Å². The van der Waals surface area contributed by atoms with Gasteiger partial charge in [-0.25, -0.2) is 0 Å². The van der Waals surface area contributed by atoms with Crippen LogP contribution >= 0.6 is 15.9 Å². The number of rotatable bonds is 4. The first kappa shape index (κ1) is 20.8. The molecule has 0 radical (unpaired) electrons. The minimum Gasteiger partial charge on any atom is -0.492 e. The SMILES string of the molecule is CCOc1cc(C2Nc3ccccc3NC3=C2C(=O)CC(C)(C)C3)cc(Br)c1OC. The largest absolute Gasteiger partial charge is 0.492 e. The van der Waals surface area contributed by atoms with Crippen molar-refractivity contribution in [2.24, 2.45) is 5.41 Å². The van der Waals surface area contributed by atoms with E-state index in [9.17, 15) is 4.79 Å². The van der Waals surface area contributed by atoms with Gasteiger partial charge in [0.05, 0.1) is 35.6 Å². The molecular formula is C24H27BrN2O3. The van der Waals surface area contributed by atoms with Crippen LogP contribution in [0, 0.1) is 5.41 Å². The molecule has 4 rings (SSSR count). The summed E-state index contributed by atoms with van der Waals surface area (Å²) >= 11 is 3.62. The fraction of sp³-hybridized carbons (Fsp3) is 0.375. The highest BCUT2D eigenvalue weighted by Gasteiger charge is 2.39. The quantitative estimate of drug-likeness (QED) is 0.566. The van der Waals surface area contributed by atoms with Crippen molar-refractivity contribution in [2.75, 3.05) is 24.4 Å². The Kier molecular flexibility index (Phi) is 5.53. The maximum absolute atomic E-state index is 13.3. The van der Waals surface area contributed by atoms with Crippen LogP contribution < -0.4 is 20.1 Å². The Morgan fingerprint density at radius 3 is 2.60 bits per heavy atom. The summed E-state index contributed by atoms with van der Waals surface area (Å²) in [6.45, 7) is 6.76. The van der Waals surface area contributed by atoms with E-state index >= 15 is 0 Å². The highest BCUT2D eigenvalue weighted by atomic mass is 79.9. The Balaban J connectivity index is 1.90. The third kappa shape index (κ3) is 3.81. The number of para-hydroxylation sites is 2. The van der Waals surface area contributed by atoms with Gasteiger partial charge in [0.15, 0.2) is 17.3 Å². The molecule has 2 N–H and O–H groups in total. The molecule has 6 heteroatoms. The van der Waals surface area contributed by atoms with Crippen LogP contribution in [0.25, 0.3) is 0 Å². The van der Waals surface area contributed by atoms with Crippen molar-refractivity contribution in [1.82, 2.24) is 0 Å². The van der Waals surface area contributed by atoms with Crippen molar-refractivity contribution in [3.63, 3.8) is 0 Å². The molecule has 1 heterocycles. The second-order valence-electron chi connectivity index (χ2n) is 8.55. The monoisotopic (exact) mass is 470 g/mol. The third-order valence-corrected chi connectivity index (χ3v) is 6.18. The molecule has 0 fully saturated rings. The van der Waals surface area contributed by atoms with Crippen LogP contribution in [0.1, 0.15) is 45.2 Å². The topological polar surface area (TPSA) is 59.6 Å². The summed E-state index contributed by atoms with van der Waals surface area (Å²) in [4.78, 5) is 13.3. The van der Waals surface area contributed by atoms with Crippen molar-refractivity contribution in [1.29, 1.82) is 0 Å². The highest BCUT2D eigenvalue weighted by molar-refractivity contribution is 9.10. The predicted octanol–water partition coefficient (Wildman–Crippen LogP) is 6.08. The number of Topliss-reactive ketones (excluding diaryl/α,β-unsaturated/α-hetero) is 1. The number of fused-ring (bicyclic) bond motifs is 1. The molecular weight excluding hydrogens is 444 g/mol. The lowest BCUT2D eigenvalue weighted by Crippen LogP contribution is -2.31. The molecule has 0 aromatic heterocycles. The van der Waals surface area contributed by atoms with Gasteiger partial charge in [0, 0.05) is 17.7 Å². The molecule has 0 saturated carbocycles. The van der Waals surface area contributed by atoms with Gasteiger partial charge in [-0.15, -0.1) is 0 Å². The molecule has 1 aliphatic heterocycles. The summed E-state index contributed by atoms with van der Waals surface area (Å²) < 4.78 is 12.2. The van der Waals surface area contributed by atoms with Crippen molar-refractivity contribution < 1.29 is 14.3 Å². The molecule has 2 aliphatic rings. The number of hydrogen-bond donors (Lipinski definition) is 2. The van der Waals surface area contributed by atoms with Gasteiger partial charge in [0.1, 0.15) is 0 Å². The lowest BCUT2D eigenvalue weighted by Gasteiger charge is -2.34. The molecule has 30 heavy (non-hydrogen) atoms. The summed E-state index contributed by atoms with van der Waals surface area (Å²) in [5, 5.41) is 7.16. The van der Waals surface area contributed by atoms with Gasteiger partial charge in [0.2, 0.25) is 0 Å². The van der Waals surface area contributed by atoms with E-state index in [-0.39, 0.29) is 17.2 Å². The van der Waals surface area contributed by atoms with Crippen molar-refractivity contribution in [3.05, 3.63) is 57.7 Å². The second-order valence-corrected chi connectivity index (χ2v) is 9.40. The molecule has 1 aliphatic carbocycles. The Morgan fingerprint density at radius 2 is 1.90 bits per heavy atom. The lowest BCUT2D eigenvalue weighted by molar-refractivity contribution is -0.118. The van der Waals surface area contributed by atoms with E-state index in [1.807, 2.05) is 43.3 Å². The standard InChI is InChI=1S/C24H27BrN2O3/c1-5-30-20-11-14(10-15(25)23(20)29-4)22-21-18(12-24(2,3)13-19(21)28)26-16-8-6-7-9-17(16)27-22/h6-11,22,26-27H,5,12-13H2,1-4H3. The Bertz CT molecular complexity index is 1030. The molecule has 0 amide bonds. The normalized spacial score (nSPS) is 19.8. The zero-order valence-corrected chi connectivity index (χ0v) is 19.4. The number of anilines is 2. The van der Waals surface area contributed by atoms with Gasteiger partial charge in [-0.3, -0.25) is 4.79 Å². The van der Waals surface area contributed by atoms with E-state index in [0.29, 0.717) is 24.5 Å². The number of ketones is 1. The highest BCUT2D eigenvalue weighted by Crippen LogP contribution is 2.47. The van der Waals surface area contributed by atoms with Crippen molar-refractivity contribution >= 4 is 33.1 Å². The van der Waals surface area contributed by atoms with Gasteiger partial charge in [-0.05, 0) is 64.5 Å². The fourth-order valence-electron chi connectivity index (χ4n) is 4.36. The number of benzene rings is 2. The zero-order valence-electron chi connectivity index (χ0n) is 17.8. The van der Waals surface area contributed by atoms with E-state index in [2.05, 4.69) is 40.4 Å². The summed E-state index contributed by atoms with van der Waals surface area (Å²) in [5.74, 6) is 1.48. The maximum atomic E-state index is 13.3. The average molecular weight is 471 g/mol. The molecule has 158 valence electrons. The van der Waals surface area contributed by atoms with Crippen LogP contribution in [0.2, 0.25) is 0 Å². The minimum atomic E-state index is -0.291. The lowest BCUT2D eigenvalue weighted by atomic mass is 9.73. The summed E-state index contributed by atoms with van der Waals surface area (Å²) in [6.07, 6.45) is 1.34. The first-order valence-corrected chi connectivity index (χ1v) is 11.0. The predicted molar refractivity (Wildman–Crippen MR) is 123 cm³/mol. The summed E-state index contributed by atoms with van der Waals surface area (Å²) in [7, 11) is 1.62. The van der Waals surface area contributed by atoms with Crippen LogP contribution in [0.3, 0.4) is 0 Å². The fourth-order valence-corrected chi connectivity index (χ4v) is 4.98. The molecule has 0 spiro atoms. The van der Waals surface area contributed by atoms with Gasteiger partial charge in [-0.2, -0.15) is 0 Å². The first-order valence-electron chi connectivity index (χ1n) is 10.2. The number of methoxy groups -OCH3 is 1. The summed E-state index contributed by atoms with van der Waals surface area (Å²) in [6, 6.07) is 11.8. The zero-order chi connectivity index (χ0) is 21.5. The number of halogens is 1. The number of carbonyl (C=O) groups is 1. The third-order valence-electron chi connectivity index (χ3n) is 5.59. The van der Waals surface area contributed by atoms with E-state index in [1.165, 1.54) is 0 Å². The van der Waals surface area contributed by atoms with Crippen LogP contribution in [0.4, 0.5) is 11.4 Å². The number of nitrogens with one attached hydrogen (secondary N) is 2.